The van der Waals surface area contributed by atoms with Crippen LogP contribution in [-0.4, -0.2) is 61.9 Å². The Bertz CT molecular complexity index is 944. The number of carbonyl (C=O) groups is 2. The van der Waals surface area contributed by atoms with Crippen molar-refractivity contribution < 1.29 is 22.8 Å². The van der Waals surface area contributed by atoms with Gasteiger partial charge in [-0.1, -0.05) is 13.8 Å². The summed E-state index contributed by atoms with van der Waals surface area (Å²) in [5.41, 5.74) is -1.44. The summed E-state index contributed by atoms with van der Waals surface area (Å²) in [6, 6.07) is 5.33. The topological polar surface area (TPSA) is 67.6 Å². The number of benzene rings is 1. The summed E-state index contributed by atoms with van der Waals surface area (Å²) in [6.45, 7) is 5.82. The van der Waals surface area contributed by atoms with Gasteiger partial charge >= 0.3 is 6.18 Å². The van der Waals surface area contributed by atoms with Crippen LogP contribution in [0.3, 0.4) is 0 Å². The Labute approximate surface area is 192 Å². The van der Waals surface area contributed by atoms with Crippen LogP contribution in [0.25, 0.3) is 0 Å². The first-order chi connectivity index (χ1) is 15.4. The minimum atomic E-state index is -4.64. The number of halogens is 3. The van der Waals surface area contributed by atoms with Crippen molar-refractivity contribution in [1.82, 2.24) is 9.80 Å². The first-order valence-corrected chi connectivity index (χ1v) is 11.2. The average molecular weight is 465 g/mol. The van der Waals surface area contributed by atoms with Crippen LogP contribution in [-0.2, 0) is 15.8 Å². The van der Waals surface area contributed by atoms with Gasteiger partial charge in [-0.05, 0) is 37.0 Å². The molecule has 2 fully saturated rings. The predicted molar refractivity (Wildman–Crippen MR) is 118 cm³/mol. The van der Waals surface area contributed by atoms with Gasteiger partial charge in [-0.2, -0.15) is 18.4 Å². The molecule has 0 saturated carbocycles. The fourth-order valence-electron chi connectivity index (χ4n) is 5.06. The molecule has 1 aromatic carbocycles. The molecule has 0 aromatic heterocycles. The minimum Gasteiger partial charge on any atom is -0.370 e. The van der Waals surface area contributed by atoms with Crippen molar-refractivity contribution in [2.45, 2.75) is 39.3 Å². The number of nitriles is 1. The highest BCUT2D eigenvalue weighted by molar-refractivity contribution is 5.81. The van der Waals surface area contributed by atoms with Gasteiger partial charge in [0.2, 0.25) is 11.8 Å². The fraction of sp³-hybridized carbons (Fsp3) is 0.625. The molecule has 2 heterocycles. The van der Waals surface area contributed by atoms with Gasteiger partial charge in [-0.3, -0.25) is 9.59 Å². The molecule has 1 atom stereocenters. The van der Waals surface area contributed by atoms with Gasteiger partial charge in [0.1, 0.15) is 0 Å². The molecule has 0 N–H and O–H groups in total. The van der Waals surface area contributed by atoms with E-state index in [0.29, 0.717) is 51.1 Å². The Kier molecular flexibility index (Phi) is 6.96. The lowest BCUT2D eigenvalue weighted by Gasteiger charge is -2.42. The monoisotopic (exact) mass is 464 g/mol. The molecule has 0 bridgehead atoms. The molecule has 9 heteroatoms. The minimum absolute atomic E-state index is 0.0517. The standard InChI is InChI=1S/C24H31F3N4O2/c1-16(2)11-21(32)30-9-7-23(8-10-30)15-31(14-20(23)22(33)29(3)4)18-6-5-17(13-28)19(12-18)24(25,26)27/h5-6,12,16,20H,7-11,14-15H2,1-4H3. The molecule has 33 heavy (non-hydrogen) atoms. The lowest BCUT2D eigenvalue weighted by atomic mass is 9.70. The average Bonchev–Trinajstić information content (AvgIpc) is 3.10. The number of carbonyl (C=O) groups excluding carboxylic acids is 2. The van der Waals surface area contributed by atoms with Crippen molar-refractivity contribution in [2.24, 2.45) is 17.3 Å². The van der Waals surface area contributed by atoms with Crippen LogP contribution in [0.5, 0.6) is 0 Å². The van der Waals surface area contributed by atoms with E-state index >= 15 is 0 Å². The third kappa shape index (κ3) is 5.10. The van der Waals surface area contributed by atoms with Crippen LogP contribution in [0.15, 0.2) is 18.2 Å². The molecular weight excluding hydrogens is 433 g/mol. The second-order valence-corrected chi connectivity index (χ2v) is 9.85. The molecule has 2 amide bonds. The lowest BCUT2D eigenvalue weighted by molar-refractivity contribution is -0.139. The summed E-state index contributed by atoms with van der Waals surface area (Å²) in [5.74, 6) is -0.0614. The highest BCUT2D eigenvalue weighted by atomic mass is 19.4. The number of hydrogen-bond donors (Lipinski definition) is 0. The second-order valence-electron chi connectivity index (χ2n) is 9.85. The zero-order chi connectivity index (χ0) is 24.6. The quantitative estimate of drug-likeness (QED) is 0.681. The third-order valence-corrected chi connectivity index (χ3v) is 6.88. The van der Waals surface area contributed by atoms with Crippen LogP contribution in [0, 0.1) is 28.6 Å². The highest BCUT2D eigenvalue weighted by Crippen LogP contribution is 2.47. The molecule has 180 valence electrons. The number of likely N-dealkylation sites (tertiary alicyclic amines) is 1. The highest BCUT2D eigenvalue weighted by Gasteiger charge is 2.52. The van der Waals surface area contributed by atoms with Crippen LogP contribution in [0.4, 0.5) is 18.9 Å². The largest absolute Gasteiger partial charge is 0.417 e. The number of alkyl halides is 3. The molecule has 0 radical (unpaired) electrons. The molecule has 6 nitrogen and oxygen atoms in total. The Hall–Kier alpha value is -2.76. The number of piperidine rings is 1. The first-order valence-electron chi connectivity index (χ1n) is 11.2. The van der Waals surface area contributed by atoms with Gasteiger partial charge in [0.15, 0.2) is 0 Å². The molecule has 3 rings (SSSR count). The van der Waals surface area contributed by atoms with E-state index in [4.69, 9.17) is 5.26 Å². The first kappa shape index (κ1) is 24.9. The molecule has 2 saturated heterocycles. The molecule has 2 aliphatic rings. The van der Waals surface area contributed by atoms with E-state index in [1.807, 2.05) is 23.6 Å². The summed E-state index contributed by atoms with van der Waals surface area (Å²) >= 11 is 0. The number of hydrogen-bond acceptors (Lipinski definition) is 4. The SMILES string of the molecule is CC(C)CC(=O)N1CCC2(CC1)CN(c1ccc(C#N)c(C(F)(F)F)c1)CC2C(=O)N(C)C. The molecular formula is C24H31F3N4O2. The van der Waals surface area contributed by atoms with Crippen LogP contribution in [0.2, 0.25) is 0 Å². The predicted octanol–water partition coefficient (Wildman–Crippen LogP) is 3.76. The van der Waals surface area contributed by atoms with E-state index in [1.54, 1.807) is 20.2 Å². The third-order valence-electron chi connectivity index (χ3n) is 6.88. The van der Waals surface area contributed by atoms with Crippen molar-refractivity contribution in [3.8, 4) is 6.07 Å². The van der Waals surface area contributed by atoms with Gasteiger partial charge in [0, 0.05) is 57.8 Å². The summed E-state index contributed by atoms with van der Waals surface area (Å²) in [4.78, 5) is 30.8. The van der Waals surface area contributed by atoms with Crippen LogP contribution < -0.4 is 4.90 Å². The van der Waals surface area contributed by atoms with Crippen LogP contribution in [0.1, 0.15) is 44.2 Å². The normalized spacial score (nSPS) is 20.3. The van der Waals surface area contributed by atoms with Crippen molar-refractivity contribution in [3.63, 3.8) is 0 Å². The Balaban J connectivity index is 1.88. The Morgan fingerprint density at radius 2 is 1.88 bits per heavy atom. The summed E-state index contributed by atoms with van der Waals surface area (Å²) in [6.07, 6.45) is -2.91. The van der Waals surface area contributed by atoms with Gasteiger partial charge in [-0.15, -0.1) is 0 Å². The smallest absolute Gasteiger partial charge is 0.370 e. The number of anilines is 1. The second kappa shape index (κ2) is 9.24. The van der Waals surface area contributed by atoms with E-state index in [-0.39, 0.29) is 23.7 Å². The van der Waals surface area contributed by atoms with E-state index < -0.39 is 22.7 Å². The summed E-state index contributed by atoms with van der Waals surface area (Å²) in [7, 11) is 3.37. The Morgan fingerprint density at radius 1 is 1.24 bits per heavy atom. The van der Waals surface area contributed by atoms with E-state index in [1.165, 1.54) is 17.0 Å². The van der Waals surface area contributed by atoms with Crippen LogP contribution >= 0.6 is 0 Å². The zero-order valence-electron chi connectivity index (χ0n) is 19.6. The van der Waals surface area contributed by atoms with E-state index in [2.05, 4.69) is 0 Å². The summed E-state index contributed by atoms with van der Waals surface area (Å²) < 4.78 is 40.5. The number of nitrogens with zero attached hydrogens (tertiary/aromatic N) is 4. The van der Waals surface area contributed by atoms with Gasteiger partial charge < -0.3 is 14.7 Å². The maximum atomic E-state index is 13.5. The van der Waals surface area contributed by atoms with Gasteiger partial charge in [-0.25, -0.2) is 0 Å². The lowest BCUT2D eigenvalue weighted by Crippen LogP contribution is -2.49. The number of rotatable bonds is 4. The van der Waals surface area contributed by atoms with Crippen molar-refractivity contribution >= 4 is 17.5 Å². The molecule has 1 aromatic rings. The molecule has 1 spiro atoms. The van der Waals surface area contributed by atoms with Gasteiger partial charge in [0.05, 0.1) is 23.1 Å². The molecule has 1 unspecified atom stereocenters. The van der Waals surface area contributed by atoms with E-state index in [9.17, 15) is 22.8 Å². The fourth-order valence-corrected chi connectivity index (χ4v) is 5.06. The summed E-state index contributed by atoms with van der Waals surface area (Å²) in [5, 5.41) is 9.09. The molecule has 0 aliphatic carbocycles. The molecule has 2 aliphatic heterocycles. The maximum Gasteiger partial charge on any atom is 0.417 e. The van der Waals surface area contributed by atoms with E-state index in [0.717, 1.165) is 6.07 Å². The van der Waals surface area contributed by atoms with Crippen molar-refractivity contribution in [1.29, 1.82) is 5.26 Å². The van der Waals surface area contributed by atoms with Gasteiger partial charge in [0.25, 0.3) is 0 Å². The maximum absolute atomic E-state index is 13.5. The Morgan fingerprint density at radius 3 is 2.39 bits per heavy atom. The van der Waals surface area contributed by atoms with Crippen molar-refractivity contribution in [3.05, 3.63) is 29.3 Å². The van der Waals surface area contributed by atoms with Crippen molar-refractivity contribution in [2.75, 3.05) is 45.2 Å². The number of amides is 2. The zero-order valence-corrected chi connectivity index (χ0v) is 19.6.